The Morgan fingerprint density at radius 2 is 1.92 bits per heavy atom. The third-order valence-electron chi connectivity index (χ3n) is 3.23. The quantitative estimate of drug-likeness (QED) is 0.681. The summed E-state index contributed by atoms with van der Waals surface area (Å²) < 4.78 is 27.4. The zero-order chi connectivity index (χ0) is 18.6. The number of esters is 1. The van der Waals surface area contributed by atoms with Crippen LogP contribution in [-0.4, -0.2) is 32.0 Å². The van der Waals surface area contributed by atoms with Gasteiger partial charge < -0.3 is 15.2 Å². The third kappa shape index (κ3) is 5.03. The van der Waals surface area contributed by atoms with Gasteiger partial charge in [0.2, 0.25) is 10.0 Å². The van der Waals surface area contributed by atoms with Gasteiger partial charge in [0.25, 0.3) is 5.91 Å². The number of aromatic hydroxyl groups is 1. The van der Waals surface area contributed by atoms with Gasteiger partial charge >= 0.3 is 5.97 Å². The highest BCUT2D eigenvalue weighted by Gasteiger charge is 2.13. The van der Waals surface area contributed by atoms with E-state index >= 15 is 0 Å². The second kappa shape index (κ2) is 7.32. The van der Waals surface area contributed by atoms with Gasteiger partial charge in [-0.15, -0.1) is 0 Å². The molecule has 2 aromatic rings. The number of ether oxygens (including phenoxy) is 1. The number of nitrogens with two attached hydrogens (primary N) is 1. The van der Waals surface area contributed by atoms with Crippen molar-refractivity contribution in [1.29, 1.82) is 0 Å². The summed E-state index contributed by atoms with van der Waals surface area (Å²) in [6.45, 7) is 1.10. The highest BCUT2D eigenvalue weighted by molar-refractivity contribution is 7.89. The summed E-state index contributed by atoms with van der Waals surface area (Å²) in [5.74, 6) is -1.49. The van der Waals surface area contributed by atoms with Gasteiger partial charge in [-0.25, -0.2) is 18.4 Å². The maximum absolute atomic E-state index is 11.8. The molecular formula is C16H16N2O6S. The molecule has 0 aliphatic carbocycles. The Hall–Kier alpha value is -2.91. The number of nitrogens with one attached hydrogen (secondary N) is 1. The van der Waals surface area contributed by atoms with Gasteiger partial charge in [-0.3, -0.25) is 4.79 Å². The number of primary sulfonamides is 1. The van der Waals surface area contributed by atoms with Gasteiger partial charge in [-0.2, -0.15) is 0 Å². The normalized spacial score (nSPS) is 11.0. The lowest BCUT2D eigenvalue weighted by Gasteiger charge is -2.08. The van der Waals surface area contributed by atoms with Crippen molar-refractivity contribution in [3.8, 4) is 5.75 Å². The van der Waals surface area contributed by atoms with Crippen LogP contribution in [0.25, 0.3) is 0 Å². The van der Waals surface area contributed by atoms with E-state index in [0.29, 0.717) is 5.56 Å². The van der Waals surface area contributed by atoms with E-state index in [9.17, 15) is 23.1 Å². The smallest absolute Gasteiger partial charge is 0.338 e. The first-order chi connectivity index (χ1) is 11.7. The zero-order valence-electron chi connectivity index (χ0n) is 13.2. The van der Waals surface area contributed by atoms with Crippen molar-refractivity contribution < 1.29 is 27.9 Å². The second-order valence-electron chi connectivity index (χ2n) is 5.20. The van der Waals surface area contributed by atoms with Crippen molar-refractivity contribution in [2.45, 2.75) is 11.8 Å². The fourth-order valence-corrected chi connectivity index (χ4v) is 2.46. The zero-order valence-corrected chi connectivity index (χ0v) is 14.0. The van der Waals surface area contributed by atoms with E-state index in [-0.39, 0.29) is 21.9 Å². The molecule has 2 aromatic carbocycles. The molecule has 9 heteroatoms. The molecule has 0 aliphatic heterocycles. The maximum atomic E-state index is 11.8. The highest BCUT2D eigenvalue weighted by atomic mass is 32.2. The van der Waals surface area contributed by atoms with E-state index < -0.39 is 28.5 Å². The molecule has 132 valence electrons. The number of anilines is 1. The summed E-state index contributed by atoms with van der Waals surface area (Å²) in [6.07, 6.45) is 0. The van der Waals surface area contributed by atoms with Gasteiger partial charge in [0.15, 0.2) is 6.61 Å². The third-order valence-corrected chi connectivity index (χ3v) is 4.14. The minimum absolute atomic E-state index is 0.0567. The minimum Gasteiger partial charge on any atom is -0.508 e. The molecule has 0 radical (unpaired) electrons. The molecule has 0 saturated carbocycles. The van der Waals surface area contributed by atoms with Gasteiger partial charge in [0.1, 0.15) is 5.75 Å². The molecule has 0 fully saturated rings. The van der Waals surface area contributed by atoms with Crippen LogP contribution in [0.4, 0.5) is 5.69 Å². The molecule has 0 bridgehead atoms. The average molecular weight is 364 g/mol. The summed E-state index contributed by atoms with van der Waals surface area (Å²) in [6, 6.07) is 9.60. The molecule has 0 unspecified atom stereocenters. The van der Waals surface area contributed by atoms with Crippen LogP contribution in [-0.2, 0) is 19.6 Å². The summed E-state index contributed by atoms with van der Waals surface area (Å²) in [5, 5.41) is 17.0. The van der Waals surface area contributed by atoms with E-state index in [1.165, 1.54) is 36.4 Å². The Morgan fingerprint density at radius 3 is 2.56 bits per heavy atom. The van der Waals surface area contributed by atoms with Crippen LogP contribution in [0.15, 0.2) is 47.4 Å². The molecule has 1 amide bonds. The number of hydrogen-bond donors (Lipinski definition) is 3. The first-order valence-corrected chi connectivity index (χ1v) is 8.61. The highest BCUT2D eigenvalue weighted by Crippen LogP contribution is 2.18. The first-order valence-electron chi connectivity index (χ1n) is 7.06. The van der Waals surface area contributed by atoms with Crippen LogP contribution in [0.3, 0.4) is 0 Å². The fraction of sp³-hybridized carbons (Fsp3) is 0.125. The number of aryl methyl sites for hydroxylation is 1. The molecule has 4 N–H and O–H groups in total. The number of phenolic OH excluding ortho intramolecular Hbond substituents is 1. The van der Waals surface area contributed by atoms with Crippen LogP contribution in [0, 0.1) is 6.92 Å². The number of benzene rings is 2. The van der Waals surface area contributed by atoms with Crippen LogP contribution in [0.2, 0.25) is 0 Å². The SMILES string of the molecule is Cc1ccc(C(=O)OCC(=O)Nc2cccc(S(N)(=O)=O)c2)cc1O. The number of rotatable bonds is 5. The van der Waals surface area contributed by atoms with E-state index in [1.807, 2.05) is 0 Å². The molecular weight excluding hydrogens is 348 g/mol. The van der Waals surface area contributed by atoms with Crippen molar-refractivity contribution in [1.82, 2.24) is 0 Å². The first kappa shape index (κ1) is 18.4. The number of phenols is 1. The lowest BCUT2D eigenvalue weighted by molar-refractivity contribution is -0.119. The lowest BCUT2D eigenvalue weighted by atomic mass is 10.1. The monoisotopic (exact) mass is 364 g/mol. The van der Waals surface area contributed by atoms with Crippen LogP contribution >= 0.6 is 0 Å². The summed E-state index contributed by atoms with van der Waals surface area (Å²) >= 11 is 0. The Balaban J connectivity index is 1.96. The van der Waals surface area contributed by atoms with Crippen molar-refractivity contribution in [2.24, 2.45) is 5.14 Å². The van der Waals surface area contributed by atoms with E-state index in [1.54, 1.807) is 13.0 Å². The molecule has 0 atom stereocenters. The Kier molecular flexibility index (Phi) is 5.40. The van der Waals surface area contributed by atoms with Crippen LogP contribution < -0.4 is 10.5 Å². The van der Waals surface area contributed by atoms with Gasteiger partial charge in [-0.05, 0) is 42.8 Å². The van der Waals surface area contributed by atoms with Crippen molar-refractivity contribution >= 4 is 27.6 Å². The summed E-state index contributed by atoms with van der Waals surface area (Å²) in [5.41, 5.74) is 0.900. The summed E-state index contributed by atoms with van der Waals surface area (Å²) in [4.78, 5) is 23.5. The van der Waals surface area contributed by atoms with Crippen molar-refractivity contribution in [2.75, 3.05) is 11.9 Å². The molecule has 0 aliphatic rings. The lowest BCUT2D eigenvalue weighted by Crippen LogP contribution is -2.21. The van der Waals surface area contributed by atoms with E-state index in [4.69, 9.17) is 9.88 Å². The number of carbonyl (C=O) groups is 2. The second-order valence-corrected chi connectivity index (χ2v) is 6.76. The van der Waals surface area contributed by atoms with E-state index in [2.05, 4.69) is 5.32 Å². The largest absolute Gasteiger partial charge is 0.508 e. The van der Waals surface area contributed by atoms with Gasteiger partial charge in [-0.1, -0.05) is 12.1 Å². The number of carbonyl (C=O) groups excluding carboxylic acids is 2. The molecule has 8 nitrogen and oxygen atoms in total. The van der Waals surface area contributed by atoms with Gasteiger partial charge in [0, 0.05) is 5.69 Å². The molecule has 2 rings (SSSR count). The Bertz CT molecular complexity index is 924. The predicted octanol–water partition coefficient (Wildman–Crippen LogP) is 1.14. The molecule has 0 saturated heterocycles. The predicted molar refractivity (Wildman–Crippen MR) is 89.6 cm³/mol. The molecule has 25 heavy (non-hydrogen) atoms. The minimum atomic E-state index is -3.89. The van der Waals surface area contributed by atoms with Crippen molar-refractivity contribution in [3.05, 3.63) is 53.6 Å². The summed E-state index contributed by atoms with van der Waals surface area (Å²) in [7, 11) is -3.89. The molecule has 0 spiro atoms. The molecule has 0 heterocycles. The van der Waals surface area contributed by atoms with Gasteiger partial charge in [0.05, 0.1) is 10.5 Å². The average Bonchev–Trinajstić information content (AvgIpc) is 2.54. The van der Waals surface area contributed by atoms with Crippen molar-refractivity contribution in [3.63, 3.8) is 0 Å². The number of hydrogen-bond acceptors (Lipinski definition) is 6. The Labute approximate surface area is 144 Å². The maximum Gasteiger partial charge on any atom is 0.338 e. The van der Waals surface area contributed by atoms with Crippen LogP contribution in [0.1, 0.15) is 15.9 Å². The topological polar surface area (TPSA) is 136 Å². The van der Waals surface area contributed by atoms with Crippen LogP contribution in [0.5, 0.6) is 5.75 Å². The molecule has 0 aromatic heterocycles. The fourth-order valence-electron chi connectivity index (χ4n) is 1.90. The number of sulfonamides is 1. The standard InChI is InChI=1S/C16H16N2O6S/c1-10-5-6-11(7-14(10)19)16(21)24-9-15(20)18-12-3-2-4-13(8-12)25(17,22)23/h2-8,19H,9H2,1H3,(H,18,20)(H2,17,22,23). The van der Waals surface area contributed by atoms with E-state index in [0.717, 1.165) is 0 Å². The number of amides is 1. The Morgan fingerprint density at radius 1 is 1.20 bits per heavy atom.